The van der Waals surface area contributed by atoms with E-state index >= 15 is 0 Å². The van der Waals surface area contributed by atoms with E-state index in [1.54, 1.807) is 0 Å². The van der Waals surface area contributed by atoms with E-state index in [4.69, 9.17) is 15.1 Å². The van der Waals surface area contributed by atoms with Crippen molar-refractivity contribution >= 4 is 56.2 Å². The molecule has 0 aromatic heterocycles. The standard InChI is InChI=1S/BH3O3.Ba.5FH.2H/c2-1(3)4;;;;;;;;/h2-4H;;5*1H;;/q;+2;;;;;;2*-1. The van der Waals surface area contributed by atoms with Crippen LogP contribution in [0, 0.1) is 0 Å². The van der Waals surface area contributed by atoms with E-state index in [9.17, 15) is 0 Å². The average molecular weight is 301 g/mol. The van der Waals surface area contributed by atoms with Crippen molar-refractivity contribution in [1.29, 1.82) is 0 Å². The number of rotatable bonds is 0. The van der Waals surface area contributed by atoms with Crippen LogP contribution in [-0.2, 0) is 0 Å². The molecule has 0 aliphatic rings. The van der Waals surface area contributed by atoms with Crippen molar-refractivity contribution in [3.8, 4) is 0 Å². The first kappa shape index (κ1) is 66.5. The van der Waals surface area contributed by atoms with Gasteiger partial charge in [0.25, 0.3) is 0 Å². The van der Waals surface area contributed by atoms with Gasteiger partial charge >= 0.3 is 56.2 Å². The molecule has 0 radical (unpaired) electrons. The predicted molar refractivity (Wildman–Crippen MR) is 32.9 cm³/mol. The average Bonchev–Trinajstić information content (AvgIpc) is 0.811. The molecule has 0 aliphatic carbocycles. The molecule has 0 saturated heterocycles. The van der Waals surface area contributed by atoms with Gasteiger partial charge in [-0.05, 0) is 0 Å². The van der Waals surface area contributed by atoms with Crippen LogP contribution in [0.2, 0.25) is 0 Å². The van der Waals surface area contributed by atoms with Gasteiger partial charge in [0.05, 0.1) is 0 Å². The quantitative estimate of drug-likeness (QED) is 0.379. The van der Waals surface area contributed by atoms with Gasteiger partial charge in [0.2, 0.25) is 0 Å². The molecule has 0 aromatic rings. The molecule has 0 atom stereocenters. The predicted octanol–water partition coefficient (Wildman–Crippen LogP) is -1.45. The Morgan fingerprint density at radius 1 is 0.700 bits per heavy atom. The van der Waals surface area contributed by atoms with Gasteiger partial charge < -0.3 is 17.9 Å². The summed E-state index contributed by atoms with van der Waals surface area (Å²) in [6.07, 6.45) is 0. The summed E-state index contributed by atoms with van der Waals surface area (Å²) in [6, 6.07) is 0. The van der Waals surface area contributed by atoms with Gasteiger partial charge in [-0.1, -0.05) is 0 Å². The maximum Gasteiger partial charge on any atom is 2.00 e. The molecule has 10 heavy (non-hydrogen) atoms. The second-order valence-corrected chi connectivity index (χ2v) is 0.346. The first-order valence-corrected chi connectivity index (χ1v) is 0.775. The van der Waals surface area contributed by atoms with Crippen molar-refractivity contribution in [2.75, 3.05) is 0 Å². The summed E-state index contributed by atoms with van der Waals surface area (Å²) in [5.74, 6) is 0. The summed E-state index contributed by atoms with van der Waals surface area (Å²) < 4.78 is 0. The van der Waals surface area contributed by atoms with Crippen molar-refractivity contribution in [3.05, 3.63) is 0 Å². The molecule has 68 valence electrons. The summed E-state index contributed by atoms with van der Waals surface area (Å²) in [5, 5.41) is 21.5. The van der Waals surface area contributed by atoms with Crippen LogP contribution in [0.25, 0.3) is 0 Å². The first-order chi connectivity index (χ1) is 1.73. The van der Waals surface area contributed by atoms with Gasteiger partial charge in [0.15, 0.2) is 0 Å². The van der Waals surface area contributed by atoms with Crippen LogP contribution in [-0.4, -0.2) is 71.3 Å². The van der Waals surface area contributed by atoms with E-state index in [0.717, 1.165) is 0 Å². The molecule has 0 heterocycles. The second-order valence-electron chi connectivity index (χ2n) is 0.346. The molecule has 0 amide bonds. The smallest absolute Gasteiger partial charge is 1.00 e. The van der Waals surface area contributed by atoms with Gasteiger partial charge in [-0.2, -0.15) is 0 Å². The Morgan fingerprint density at radius 3 is 0.700 bits per heavy atom. The molecule has 0 aliphatic heterocycles. The SMILES string of the molecule is F.F.F.F.F.OB(O)O.[Ba+2].[H-].[H-]. The van der Waals surface area contributed by atoms with Crippen LogP contribution in [0.3, 0.4) is 0 Å². The summed E-state index contributed by atoms with van der Waals surface area (Å²) in [5.41, 5.74) is 0. The molecule has 0 aromatic carbocycles. The zero-order valence-corrected chi connectivity index (χ0v) is 9.11. The minimum atomic E-state index is -2.17. The van der Waals surface area contributed by atoms with E-state index in [2.05, 4.69) is 0 Å². The van der Waals surface area contributed by atoms with Crippen LogP contribution < -0.4 is 0 Å². The van der Waals surface area contributed by atoms with Crippen molar-refractivity contribution in [1.82, 2.24) is 0 Å². The van der Waals surface area contributed by atoms with Crippen molar-refractivity contribution in [2.24, 2.45) is 0 Å². The Kier molecular flexibility index (Phi) is 327. The molecule has 0 bridgehead atoms. The molecule has 10 heteroatoms. The normalized spacial score (nSPS) is 2.70. The molecule has 0 spiro atoms. The molecule has 3 nitrogen and oxygen atoms in total. The molecule has 0 saturated carbocycles. The van der Waals surface area contributed by atoms with Crippen LogP contribution >= 0.6 is 0 Å². The third-order valence-corrected chi connectivity index (χ3v) is 0. The minimum absolute atomic E-state index is 0. The van der Waals surface area contributed by atoms with Crippen molar-refractivity contribution in [3.63, 3.8) is 0 Å². The van der Waals surface area contributed by atoms with E-state index in [1.807, 2.05) is 0 Å². The van der Waals surface area contributed by atoms with Crippen LogP contribution in [0.4, 0.5) is 23.5 Å². The van der Waals surface area contributed by atoms with Gasteiger partial charge in [0.1, 0.15) is 0 Å². The fourth-order valence-electron chi connectivity index (χ4n) is 0. The zero-order valence-electron chi connectivity index (χ0n) is 6.67. The Labute approximate surface area is 96.9 Å². The maximum absolute atomic E-state index is 7.17. The Morgan fingerprint density at radius 2 is 0.700 bits per heavy atom. The van der Waals surface area contributed by atoms with Gasteiger partial charge in [-0.25, -0.2) is 0 Å². The minimum Gasteiger partial charge on any atom is -1.00 e. The fraction of sp³-hybridized carbons (Fsp3) is 0. The van der Waals surface area contributed by atoms with Crippen LogP contribution in [0.15, 0.2) is 0 Å². The summed E-state index contributed by atoms with van der Waals surface area (Å²) in [7, 11) is -2.17. The molecule has 3 N–H and O–H groups in total. The summed E-state index contributed by atoms with van der Waals surface area (Å²) >= 11 is 0. The fourth-order valence-corrected chi connectivity index (χ4v) is 0. The number of halogens is 5. The largest absolute Gasteiger partial charge is 2.00 e. The monoisotopic (exact) mass is 302 g/mol. The van der Waals surface area contributed by atoms with E-state index in [1.165, 1.54) is 0 Å². The maximum atomic E-state index is 7.17. The van der Waals surface area contributed by atoms with E-state index in [0.29, 0.717) is 0 Å². The summed E-state index contributed by atoms with van der Waals surface area (Å²) in [4.78, 5) is 0. The topological polar surface area (TPSA) is 60.7 Å². The van der Waals surface area contributed by atoms with Crippen molar-refractivity contribution in [2.45, 2.75) is 0 Å². The Balaban J connectivity index is -0.00000000161. The second kappa shape index (κ2) is 49.2. The first-order valence-electron chi connectivity index (χ1n) is 0.775. The molecule has 0 unspecified atom stereocenters. The Hall–Kier alpha value is 1.17. The summed E-state index contributed by atoms with van der Waals surface area (Å²) in [6.45, 7) is 0. The van der Waals surface area contributed by atoms with Gasteiger partial charge in [-0.15, -0.1) is 0 Å². The number of hydrogen-bond donors (Lipinski definition) is 3. The van der Waals surface area contributed by atoms with E-state index < -0.39 is 7.32 Å². The third-order valence-electron chi connectivity index (χ3n) is 0. The Bertz CT molecular complexity index is 29.4. The molecule has 0 rings (SSSR count). The van der Waals surface area contributed by atoms with Gasteiger partial charge in [-0.3, -0.25) is 23.5 Å². The molecule has 0 fully saturated rings. The van der Waals surface area contributed by atoms with E-state index in [-0.39, 0.29) is 75.3 Å². The zero-order chi connectivity index (χ0) is 3.58. The number of hydrogen-bond acceptors (Lipinski definition) is 3. The van der Waals surface area contributed by atoms with Crippen molar-refractivity contribution < 1.29 is 41.4 Å². The van der Waals surface area contributed by atoms with Crippen LogP contribution in [0.1, 0.15) is 2.85 Å². The third kappa shape index (κ3) is 449. The van der Waals surface area contributed by atoms with Crippen LogP contribution in [0.5, 0.6) is 0 Å². The molecular weight excluding hydrogens is 291 g/mol. The van der Waals surface area contributed by atoms with Gasteiger partial charge in [0, 0.05) is 0 Å². The molecular formula is H10BBaF5O3.